The van der Waals surface area contributed by atoms with Gasteiger partial charge in [-0.1, -0.05) is 152 Å². The topological polar surface area (TPSA) is 109 Å². The third kappa shape index (κ3) is 15.0. The number of ether oxygens (including phenoxy) is 3. The molecule has 1 fully saturated rings. The second kappa shape index (κ2) is 24.7. The van der Waals surface area contributed by atoms with Crippen LogP contribution in [0.1, 0.15) is 132 Å². The number of unbranched alkanes of at least 4 members (excludes halogenated alkanes) is 10. The zero-order valence-corrected chi connectivity index (χ0v) is 33.8. The van der Waals surface area contributed by atoms with Crippen LogP contribution in [0.2, 0.25) is 0 Å². The van der Waals surface area contributed by atoms with Crippen molar-refractivity contribution in [2.45, 2.75) is 135 Å². The molecule has 5 atom stereocenters. The number of esters is 1. The number of hydrogen-bond donors (Lipinski definition) is 3. The predicted molar refractivity (Wildman–Crippen MR) is 221 cm³/mol. The number of aliphatic hydroxyl groups excluding tert-OH is 1. The second-order valence-corrected chi connectivity index (χ2v) is 15.1. The molecule has 302 valence electrons. The molecule has 0 spiro atoms. The molecule has 9 heteroatoms. The lowest BCUT2D eigenvalue weighted by Crippen LogP contribution is -2.45. The van der Waals surface area contributed by atoms with Crippen LogP contribution in [0.4, 0.5) is 10.5 Å². The lowest BCUT2D eigenvalue weighted by Gasteiger charge is -2.43. The highest BCUT2D eigenvalue weighted by molar-refractivity contribution is 5.92. The molecule has 9 nitrogen and oxygen atoms in total. The number of benzene rings is 3. The largest absolute Gasteiger partial charge is 0.467 e. The van der Waals surface area contributed by atoms with Crippen molar-refractivity contribution in [3.63, 3.8) is 0 Å². The lowest BCUT2D eigenvalue weighted by atomic mass is 9.90. The number of methoxy groups -OCH3 is 1. The highest BCUT2D eigenvalue weighted by atomic mass is 16.7. The average Bonchev–Trinajstić information content (AvgIpc) is 3.21. The van der Waals surface area contributed by atoms with E-state index >= 15 is 0 Å². The number of carbonyl (C=O) groups excluding carboxylic acids is 2. The number of nitrogens with zero attached hydrogens (tertiary/aromatic N) is 1. The molecular formula is C46H67N3O6. The Labute approximate surface area is 330 Å². The fourth-order valence-corrected chi connectivity index (χ4v) is 7.38. The number of carbonyl (C=O) groups is 2. The van der Waals surface area contributed by atoms with Gasteiger partial charge in [-0.25, -0.2) is 9.59 Å². The number of nitrogens with one attached hydrogen (secondary N) is 2. The molecule has 0 unspecified atom stereocenters. The molecule has 4 rings (SSSR count). The van der Waals surface area contributed by atoms with Crippen LogP contribution in [0.15, 0.2) is 78.9 Å². The van der Waals surface area contributed by atoms with Crippen LogP contribution in [0.5, 0.6) is 0 Å². The predicted octanol–water partition coefficient (Wildman–Crippen LogP) is 9.90. The number of anilines is 1. The monoisotopic (exact) mass is 758 g/mol. The van der Waals surface area contributed by atoms with E-state index in [4.69, 9.17) is 14.2 Å². The maximum absolute atomic E-state index is 13.2. The molecule has 0 radical (unpaired) electrons. The van der Waals surface area contributed by atoms with Gasteiger partial charge in [0.05, 0.1) is 25.9 Å². The normalized spacial score (nSPS) is 18.9. The highest BCUT2D eigenvalue weighted by Crippen LogP contribution is 2.42. The maximum Gasteiger partial charge on any atom is 0.328 e. The fraction of sp³-hybridized carbons (Fsp3) is 0.565. The molecule has 2 amide bonds. The number of rotatable bonds is 24. The Morgan fingerprint density at radius 2 is 1.40 bits per heavy atom. The quantitative estimate of drug-likeness (QED) is 0.0617. The third-order valence-corrected chi connectivity index (χ3v) is 10.7. The Kier molecular flexibility index (Phi) is 19.7. The first-order chi connectivity index (χ1) is 26.8. The van der Waals surface area contributed by atoms with Gasteiger partial charge in [-0.3, -0.25) is 0 Å². The van der Waals surface area contributed by atoms with Gasteiger partial charge >= 0.3 is 12.0 Å². The van der Waals surface area contributed by atoms with Crippen molar-refractivity contribution in [3.05, 3.63) is 101 Å². The molecule has 1 aliphatic rings. The highest BCUT2D eigenvalue weighted by Gasteiger charge is 2.39. The number of amides is 2. The van der Waals surface area contributed by atoms with Crippen LogP contribution >= 0.6 is 0 Å². The minimum atomic E-state index is -0.851. The van der Waals surface area contributed by atoms with Crippen LogP contribution in [-0.2, 0) is 32.0 Å². The Hall–Kier alpha value is -3.76. The van der Waals surface area contributed by atoms with Gasteiger partial charge in [0.25, 0.3) is 0 Å². The molecule has 3 aromatic rings. The summed E-state index contributed by atoms with van der Waals surface area (Å²) in [5.74, 6) is -0.447. The van der Waals surface area contributed by atoms with Gasteiger partial charge in [0.2, 0.25) is 0 Å². The Morgan fingerprint density at radius 1 is 0.764 bits per heavy atom. The second-order valence-electron chi connectivity index (χ2n) is 15.1. The summed E-state index contributed by atoms with van der Waals surface area (Å²) < 4.78 is 18.6. The molecule has 1 heterocycles. The minimum Gasteiger partial charge on any atom is -0.467 e. The zero-order valence-electron chi connectivity index (χ0n) is 33.8. The van der Waals surface area contributed by atoms with Crippen molar-refractivity contribution < 1.29 is 28.9 Å². The number of urea groups is 1. The summed E-state index contributed by atoms with van der Waals surface area (Å²) >= 11 is 0. The summed E-state index contributed by atoms with van der Waals surface area (Å²) in [6.45, 7) is 9.65. The molecule has 0 aromatic heterocycles. The Morgan fingerprint density at radius 3 is 2.02 bits per heavy atom. The number of hydrogen-bond acceptors (Lipinski definition) is 7. The first-order valence-electron chi connectivity index (χ1n) is 20.9. The minimum absolute atomic E-state index is 0.0123. The Bertz CT molecular complexity index is 1500. The smallest absolute Gasteiger partial charge is 0.328 e. The van der Waals surface area contributed by atoms with E-state index in [1.807, 2.05) is 78.9 Å². The van der Waals surface area contributed by atoms with Crippen LogP contribution in [0.25, 0.3) is 0 Å². The number of aliphatic hydroxyl groups is 1. The van der Waals surface area contributed by atoms with E-state index in [-0.39, 0.29) is 24.7 Å². The first kappa shape index (κ1) is 44.0. The first-order valence-corrected chi connectivity index (χ1v) is 20.9. The van der Waals surface area contributed by atoms with E-state index in [1.165, 1.54) is 84.2 Å². The summed E-state index contributed by atoms with van der Waals surface area (Å²) in [5.41, 5.74) is 4.16. The van der Waals surface area contributed by atoms with Crippen molar-refractivity contribution in [2.75, 3.05) is 32.1 Å². The standard InChI is InChI=1S/C46H67N3O6/c1-5-7-9-11-13-18-29-49(30-19-14-12-10-8-6-2)33-42-35(3)43(38-27-25-37(34-50)26-28-38)55-45(54-42)39-23-20-24-40(32-39)47-46(52)48-41(44(51)53-4)31-36-21-16-15-17-22-36/h15-17,20-28,32,35,41-43,45,50H,5-14,18-19,29-31,33-34H2,1-4H3,(H2,47,48,52)/t35-,41-,42+,43+,45+/m0/s1. The van der Waals surface area contributed by atoms with Gasteiger partial charge in [-0.2, -0.15) is 0 Å². The lowest BCUT2D eigenvalue weighted by molar-refractivity contribution is -0.276. The summed E-state index contributed by atoms with van der Waals surface area (Å²) in [6, 6.07) is 23.7. The molecule has 0 aliphatic carbocycles. The van der Waals surface area contributed by atoms with Crippen molar-refractivity contribution in [1.82, 2.24) is 10.2 Å². The van der Waals surface area contributed by atoms with Crippen LogP contribution in [0.3, 0.4) is 0 Å². The van der Waals surface area contributed by atoms with E-state index < -0.39 is 24.3 Å². The van der Waals surface area contributed by atoms with Crippen LogP contribution < -0.4 is 10.6 Å². The van der Waals surface area contributed by atoms with Gasteiger partial charge in [0.1, 0.15) is 6.04 Å². The Balaban J connectivity index is 1.51. The van der Waals surface area contributed by atoms with E-state index in [1.54, 1.807) is 0 Å². The summed E-state index contributed by atoms with van der Waals surface area (Å²) in [6.07, 6.45) is 14.5. The van der Waals surface area contributed by atoms with E-state index in [9.17, 15) is 14.7 Å². The van der Waals surface area contributed by atoms with E-state index in [0.29, 0.717) is 12.1 Å². The van der Waals surface area contributed by atoms with Crippen LogP contribution in [-0.4, -0.2) is 60.9 Å². The van der Waals surface area contributed by atoms with Gasteiger partial charge in [0.15, 0.2) is 6.29 Å². The third-order valence-electron chi connectivity index (χ3n) is 10.7. The summed E-state index contributed by atoms with van der Waals surface area (Å²) in [5, 5.41) is 15.4. The van der Waals surface area contributed by atoms with Crippen molar-refractivity contribution in [2.24, 2.45) is 5.92 Å². The molecule has 55 heavy (non-hydrogen) atoms. The van der Waals surface area contributed by atoms with Crippen molar-refractivity contribution in [3.8, 4) is 0 Å². The van der Waals surface area contributed by atoms with E-state index in [0.717, 1.165) is 41.9 Å². The van der Waals surface area contributed by atoms with Gasteiger partial charge in [-0.15, -0.1) is 0 Å². The molecule has 3 aromatic carbocycles. The maximum atomic E-state index is 13.2. The fourth-order valence-electron chi connectivity index (χ4n) is 7.38. The molecule has 0 saturated carbocycles. The van der Waals surface area contributed by atoms with Crippen molar-refractivity contribution >= 4 is 17.7 Å². The van der Waals surface area contributed by atoms with Gasteiger partial charge in [0, 0.05) is 30.1 Å². The van der Waals surface area contributed by atoms with Gasteiger partial charge < -0.3 is 34.9 Å². The zero-order chi connectivity index (χ0) is 39.3. The summed E-state index contributed by atoms with van der Waals surface area (Å²) in [7, 11) is 1.32. The molecule has 0 bridgehead atoms. The summed E-state index contributed by atoms with van der Waals surface area (Å²) in [4.78, 5) is 28.4. The molecule has 3 N–H and O–H groups in total. The molecule has 1 aliphatic heterocycles. The molecular weight excluding hydrogens is 691 g/mol. The van der Waals surface area contributed by atoms with Crippen molar-refractivity contribution in [1.29, 1.82) is 0 Å². The van der Waals surface area contributed by atoms with Gasteiger partial charge in [-0.05, 0) is 54.8 Å². The molecule has 1 saturated heterocycles. The van der Waals surface area contributed by atoms with E-state index in [2.05, 4.69) is 36.3 Å². The average molecular weight is 758 g/mol. The SMILES string of the molecule is CCCCCCCCN(CCCCCCCC)C[C@H]1O[C@@H](c2cccc(NC(=O)N[C@@H](Cc3ccccc3)C(=O)OC)c2)O[C@@H](c2ccc(CO)cc2)[C@H]1C. The van der Waals surface area contributed by atoms with Crippen LogP contribution in [0, 0.1) is 5.92 Å².